The van der Waals surface area contributed by atoms with Crippen molar-refractivity contribution >= 4 is 11.8 Å². The van der Waals surface area contributed by atoms with Crippen molar-refractivity contribution in [2.75, 3.05) is 19.6 Å². The molecule has 0 spiro atoms. The molecule has 1 rings (SSSR count). The molecule has 5 heteroatoms. The summed E-state index contributed by atoms with van der Waals surface area (Å²) in [5, 5.41) is 2.80. The third-order valence-electron chi connectivity index (χ3n) is 3.75. The Kier molecular flexibility index (Phi) is 5.35. The minimum Gasteiger partial charge on any atom is -0.352 e. The predicted molar refractivity (Wildman–Crippen MR) is 75.4 cm³/mol. The zero-order valence-electron chi connectivity index (χ0n) is 12.5. The van der Waals surface area contributed by atoms with Gasteiger partial charge in [-0.1, -0.05) is 13.8 Å². The van der Waals surface area contributed by atoms with Gasteiger partial charge in [-0.3, -0.25) is 9.59 Å². The number of nitrogens with one attached hydrogen (secondary N) is 1. The third-order valence-corrected chi connectivity index (χ3v) is 3.75. The molecule has 1 aliphatic rings. The highest BCUT2D eigenvalue weighted by Crippen LogP contribution is 2.22. The van der Waals surface area contributed by atoms with Crippen molar-refractivity contribution in [1.29, 1.82) is 0 Å². The molecule has 0 saturated carbocycles. The van der Waals surface area contributed by atoms with Crippen LogP contribution >= 0.6 is 0 Å². The van der Waals surface area contributed by atoms with Crippen LogP contribution in [0.15, 0.2) is 0 Å². The van der Waals surface area contributed by atoms with E-state index >= 15 is 0 Å². The van der Waals surface area contributed by atoms with Gasteiger partial charge in [-0.2, -0.15) is 0 Å². The highest BCUT2D eigenvalue weighted by molar-refractivity contribution is 5.91. The van der Waals surface area contributed by atoms with Crippen LogP contribution in [0.3, 0.4) is 0 Å². The first-order valence-electron chi connectivity index (χ1n) is 7.07. The molecule has 2 amide bonds. The Morgan fingerprint density at radius 2 is 2.11 bits per heavy atom. The number of hydrogen-bond donors (Lipinski definition) is 2. The molecule has 0 aromatic heterocycles. The van der Waals surface area contributed by atoms with Gasteiger partial charge in [0, 0.05) is 19.5 Å². The average Bonchev–Trinajstić information content (AvgIpc) is 2.30. The van der Waals surface area contributed by atoms with Crippen LogP contribution in [0.4, 0.5) is 0 Å². The Labute approximate surface area is 115 Å². The first-order valence-corrected chi connectivity index (χ1v) is 7.07. The van der Waals surface area contributed by atoms with Gasteiger partial charge in [0.05, 0.1) is 0 Å². The highest BCUT2D eigenvalue weighted by Gasteiger charge is 2.40. The number of nitrogens with two attached hydrogens (primary N) is 1. The first-order chi connectivity index (χ1) is 8.78. The van der Waals surface area contributed by atoms with Crippen LogP contribution in [0, 0.1) is 11.8 Å². The summed E-state index contributed by atoms with van der Waals surface area (Å²) >= 11 is 0. The number of amides is 2. The van der Waals surface area contributed by atoms with Crippen LogP contribution in [0.2, 0.25) is 0 Å². The van der Waals surface area contributed by atoms with Crippen molar-refractivity contribution in [1.82, 2.24) is 10.2 Å². The number of piperazine rings is 1. The summed E-state index contributed by atoms with van der Waals surface area (Å²) in [4.78, 5) is 25.9. The molecular formula is C14H27N3O2. The van der Waals surface area contributed by atoms with Gasteiger partial charge in [-0.05, 0) is 38.6 Å². The van der Waals surface area contributed by atoms with Crippen molar-refractivity contribution in [2.24, 2.45) is 17.6 Å². The van der Waals surface area contributed by atoms with E-state index in [1.54, 1.807) is 18.7 Å². The van der Waals surface area contributed by atoms with E-state index in [0.717, 1.165) is 6.42 Å². The van der Waals surface area contributed by atoms with E-state index in [0.29, 0.717) is 32.0 Å². The third kappa shape index (κ3) is 3.93. The van der Waals surface area contributed by atoms with E-state index in [-0.39, 0.29) is 17.7 Å². The Balaban J connectivity index is 2.68. The molecule has 1 aliphatic heterocycles. The predicted octanol–water partition coefficient (Wildman–Crippen LogP) is 0.735. The van der Waals surface area contributed by atoms with E-state index in [9.17, 15) is 9.59 Å². The summed E-state index contributed by atoms with van der Waals surface area (Å²) < 4.78 is 0. The topological polar surface area (TPSA) is 75.4 Å². The van der Waals surface area contributed by atoms with Crippen molar-refractivity contribution in [3.05, 3.63) is 0 Å². The second-order valence-corrected chi connectivity index (χ2v) is 6.30. The van der Waals surface area contributed by atoms with Crippen LogP contribution in [-0.2, 0) is 9.59 Å². The average molecular weight is 269 g/mol. The minimum absolute atomic E-state index is 0.0379. The molecule has 0 unspecified atom stereocenters. The molecule has 0 bridgehead atoms. The molecule has 0 aromatic rings. The maximum atomic E-state index is 12.4. The molecule has 1 fully saturated rings. The van der Waals surface area contributed by atoms with Gasteiger partial charge in [-0.15, -0.1) is 0 Å². The summed E-state index contributed by atoms with van der Waals surface area (Å²) in [5.74, 6) is 0.684. The van der Waals surface area contributed by atoms with E-state index < -0.39 is 5.54 Å². The number of carbonyl (C=O) groups excluding carboxylic acids is 2. The number of rotatable bonds is 5. The second kappa shape index (κ2) is 6.37. The Hall–Kier alpha value is -1.10. The summed E-state index contributed by atoms with van der Waals surface area (Å²) in [6.45, 7) is 9.47. The maximum Gasteiger partial charge on any atom is 0.245 e. The van der Waals surface area contributed by atoms with Crippen molar-refractivity contribution in [3.8, 4) is 0 Å². The monoisotopic (exact) mass is 269 g/mol. The lowest BCUT2D eigenvalue weighted by molar-refractivity contribution is -0.149. The van der Waals surface area contributed by atoms with Crippen LogP contribution < -0.4 is 11.1 Å². The standard InChI is InChI=1S/C14H27N3O2/c1-10(2)7-11(9-15)8-12(18)17-6-5-16-13(19)14(17,3)4/h10-11H,5-9,15H2,1-4H3,(H,16,19)/t11-/m0/s1. The van der Waals surface area contributed by atoms with Gasteiger partial charge in [-0.25, -0.2) is 0 Å². The lowest BCUT2D eigenvalue weighted by Gasteiger charge is -2.41. The van der Waals surface area contributed by atoms with Crippen molar-refractivity contribution < 1.29 is 9.59 Å². The number of hydrogen-bond acceptors (Lipinski definition) is 3. The molecule has 0 radical (unpaired) electrons. The quantitative estimate of drug-likeness (QED) is 0.773. The highest BCUT2D eigenvalue weighted by atomic mass is 16.2. The van der Waals surface area contributed by atoms with Gasteiger partial charge in [0.15, 0.2) is 0 Å². The summed E-state index contributed by atoms with van der Waals surface area (Å²) in [5.41, 5.74) is 4.99. The van der Waals surface area contributed by atoms with Crippen molar-refractivity contribution in [2.45, 2.75) is 46.1 Å². The largest absolute Gasteiger partial charge is 0.352 e. The second-order valence-electron chi connectivity index (χ2n) is 6.30. The van der Waals surface area contributed by atoms with Crippen LogP contribution in [0.5, 0.6) is 0 Å². The number of carbonyl (C=O) groups is 2. The normalized spacial score (nSPS) is 20.3. The summed E-state index contributed by atoms with van der Waals surface area (Å²) in [6, 6.07) is 0. The minimum atomic E-state index is -0.758. The SMILES string of the molecule is CC(C)C[C@H](CN)CC(=O)N1CCNC(=O)C1(C)C. The molecular weight excluding hydrogens is 242 g/mol. The van der Waals surface area contributed by atoms with Crippen molar-refractivity contribution in [3.63, 3.8) is 0 Å². The summed E-state index contributed by atoms with van der Waals surface area (Å²) in [6.07, 6.45) is 1.38. The van der Waals surface area contributed by atoms with Gasteiger partial charge in [0.2, 0.25) is 11.8 Å². The maximum absolute atomic E-state index is 12.4. The molecule has 1 heterocycles. The fourth-order valence-corrected chi connectivity index (χ4v) is 2.62. The Bertz CT molecular complexity index is 340. The molecule has 3 N–H and O–H groups in total. The van der Waals surface area contributed by atoms with Gasteiger partial charge < -0.3 is 16.0 Å². The van der Waals surface area contributed by atoms with Crippen LogP contribution in [0.1, 0.15) is 40.5 Å². The van der Waals surface area contributed by atoms with Gasteiger partial charge in [0.25, 0.3) is 0 Å². The van der Waals surface area contributed by atoms with E-state index in [4.69, 9.17) is 5.73 Å². The molecule has 5 nitrogen and oxygen atoms in total. The molecule has 19 heavy (non-hydrogen) atoms. The van der Waals surface area contributed by atoms with Gasteiger partial charge in [0.1, 0.15) is 5.54 Å². The lowest BCUT2D eigenvalue weighted by atomic mass is 9.92. The molecule has 110 valence electrons. The zero-order chi connectivity index (χ0) is 14.6. The van der Waals surface area contributed by atoms with E-state index in [1.807, 2.05) is 0 Å². The molecule has 0 aromatic carbocycles. The number of nitrogens with zero attached hydrogens (tertiary/aromatic N) is 1. The van der Waals surface area contributed by atoms with E-state index in [2.05, 4.69) is 19.2 Å². The summed E-state index contributed by atoms with van der Waals surface area (Å²) in [7, 11) is 0. The smallest absolute Gasteiger partial charge is 0.245 e. The zero-order valence-corrected chi connectivity index (χ0v) is 12.5. The first kappa shape index (κ1) is 16.0. The molecule has 1 saturated heterocycles. The molecule has 0 aliphatic carbocycles. The lowest BCUT2D eigenvalue weighted by Crippen LogP contribution is -2.63. The fourth-order valence-electron chi connectivity index (χ4n) is 2.62. The molecule has 1 atom stereocenters. The van der Waals surface area contributed by atoms with Crippen LogP contribution in [0.25, 0.3) is 0 Å². The van der Waals surface area contributed by atoms with Gasteiger partial charge >= 0.3 is 0 Å². The fraction of sp³-hybridized carbons (Fsp3) is 0.857. The van der Waals surface area contributed by atoms with E-state index in [1.165, 1.54) is 0 Å². The Morgan fingerprint density at radius 1 is 1.47 bits per heavy atom. The van der Waals surface area contributed by atoms with Crippen LogP contribution in [-0.4, -0.2) is 41.9 Å². The Morgan fingerprint density at radius 3 is 2.63 bits per heavy atom.